The predicted octanol–water partition coefficient (Wildman–Crippen LogP) is 4.04. The fraction of sp³-hybridized carbons (Fsp3) is 0.250. The van der Waals surface area contributed by atoms with Crippen molar-refractivity contribution in [3.8, 4) is 0 Å². The predicted molar refractivity (Wildman–Crippen MR) is 109 cm³/mol. The molecule has 0 fully saturated rings. The van der Waals surface area contributed by atoms with Gasteiger partial charge in [-0.15, -0.1) is 11.8 Å². The number of esters is 1. The van der Waals surface area contributed by atoms with E-state index in [0.29, 0.717) is 17.0 Å². The van der Waals surface area contributed by atoms with E-state index >= 15 is 0 Å². The number of hydrogen-bond acceptors (Lipinski definition) is 5. The number of thiazole rings is 1. The van der Waals surface area contributed by atoms with Crippen molar-refractivity contribution < 1.29 is 14.3 Å². The SMILES string of the molecule is CCOC(=O)Cn1c(=NC(=O)c2cccc(SC)c2)sc2cc(C)ccc21. The molecular weight excluding hydrogens is 380 g/mol. The normalized spacial score (nSPS) is 11.7. The fourth-order valence-corrected chi connectivity index (χ4v) is 4.25. The minimum absolute atomic E-state index is 0.0217. The summed E-state index contributed by atoms with van der Waals surface area (Å²) in [6, 6.07) is 13.3. The molecule has 2 aromatic carbocycles. The third-order valence-electron chi connectivity index (χ3n) is 3.94. The number of carbonyl (C=O) groups is 2. The van der Waals surface area contributed by atoms with E-state index in [9.17, 15) is 9.59 Å². The van der Waals surface area contributed by atoms with Gasteiger partial charge in [-0.1, -0.05) is 23.5 Å². The van der Waals surface area contributed by atoms with Crippen molar-refractivity contribution in [1.29, 1.82) is 0 Å². The Hall–Kier alpha value is -2.38. The van der Waals surface area contributed by atoms with Gasteiger partial charge in [0.15, 0.2) is 4.80 Å². The van der Waals surface area contributed by atoms with Crippen LogP contribution in [0.25, 0.3) is 10.2 Å². The molecule has 0 atom stereocenters. The van der Waals surface area contributed by atoms with E-state index in [4.69, 9.17) is 4.74 Å². The molecule has 0 radical (unpaired) electrons. The molecule has 1 aromatic heterocycles. The van der Waals surface area contributed by atoms with Crippen LogP contribution < -0.4 is 4.80 Å². The average molecular weight is 401 g/mol. The second kappa shape index (κ2) is 8.54. The number of amides is 1. The highest BCUT2D eigenvalue weighted by Gasteiger charge is 2.13. The van der Waals surface area contributed by atoms with Crippen molar-refractivity contribution in [1.82, 2.24) is 4.57 Å². The molecule has 3 aromatic rings. The highest BCUT2D eigenvalue weighted by Crippen LogP contribution is 2.20. The van der Waals surface area contributed by atoms with Gasteiger partial charge in [-0.3, -0.25) is 9.59 Å². The van der Waals surface area contributed by atoms with Gasteiger partial charge in [-0.2, -0.15) is 4.99 Å². The van der Waals surface area contributed by atoms with Crippen LogP contribution in [0.15, 0.2) is 52.4 Å². The van der Waals surface area contributed by atoms with E-state index in [-0.39, 0.29) is 18.4 Å². The maximum Gasteiger partial charge on any atom is 0.326 e. The molecule has 0 aliphatic rings. The van der Waals surface area contributed by atoms with E-state index < -0.39 is 0 Å². The summed E-state index contributed by atoms with van der Waals surface area (Å²) in [5, 5.41) is 0. The van der Waals surface area contributed by atoms with Crippen LogP contribution in [-0.2, 0) is 16.1 Å². The molecule has 0 spiro atoms. The minimum Gasteiger partial charge on any atom is -0.465 e. The third kappa shape index (κ3) is 4.48. The molecule has 1 heterocycles. The van der Waals surface area contributed by atoms with E-state index in [2.05, 4.69) is 4.99 Å². The molecule has 7 heteroatoms. The van der Waals surface area contributed by atoms with Gasteiger partial charge < -0.3 is 9.30 Å². The number of hydrogen-bond donors (Lipinski definition) is 0. The van der Waals surface area contributed by atoms with Crippen LogP contribution in [0.5, 0.6) is 0 Å². The molecule has 1 amide bonds. The highest BCUT2D eigenvalue weighted by atomic mass is 32.2. The van der Waals surface area contributed by atoms with Crippen LogP contribution in [0, 0.1) is 6.92 Å². The minimum atomic E-state index is -0.351. The Bertz CT molecular complexity index is 1070. The first-order valence-electron chi connectivity index (χ1n) is 8.50. The smallest absolute Gasteiger partial charge is 0.326 e. The summed E-state index contributed by atoms with van der Waals surface area (Å²) in [6.07, 6.45) is 1.96. The van der Waals surface area contributed by atoms with Gasteiger partial charge in [0, 0.05) is 10.5 Å². The molecule has 0 unspecified atom stereocenters. The Morgan fingerprint density at radius 3 is 2.78 bits per heavy atom. The molecule has 3 rings (SSSR count). The van der Waals surface area contributed by atoms with Crippen molar-refractivity contribution >= 4 is 45.2 Å². The third-order valence-corrected chi connectivity index (χ3v) is 5.71. The van der Waals surface area contributed by atoms with Gasteiger partial charge in [0.05, 0.1) is 16.8 Å². The standard InChI is InChI=1S/C20H20N2O3S2/c1-4-25-18(23)12-22-16-9-8-13(2)10-17(16)27-20(22)21-19(24)14-6-5-7-15(11-14)26-3/h5-11H,4,12H2,1-3H3. The quantitative estimate of drug-likeness (QED) is 0.479. The fourth-order valence-electron chi connectivity index (χ4n) is 2.66. The first kappa shape index (κ1) is 19.4. The molecular formula is C20H20N2O3S2. The Kier molecular flexibility index (Phi) is 6.13. The van der Waals surface area contributed by atoms with Gasteiger partial charge in [-0.25, -0.2) is 0 Å². The second-order valence-corrected chi connectivity index (χ2v) is 7.78. The van der Waals surface area contributed by atoms with E-state index in [1.807, 2.05) is 49.6 Å². The number of fused-ring (bicyclic) bond motifs is 1. The number of thioether (sulfide) groups is 1. The lowest BCUT2D eigenvalue weighted by Crippen LogP contribution is -2.23. The number of ether oxygens (including phenoxy) is 1. The zero-order valence-corrected chi connectivity index (χ0v) is 17.0. The number of rotatable bonds is 5. The first-order valence-corrected chi connectivity index (χ1v) is 10.5. The lowest BCUT2D eigenvalue weighted by atomic mass is 10.2. The zero-order valence-electron chi connectivity index (χ0n) is 15.4. The van der Waals surface area contributed by atoms with E-state index in [1.54, 1.807) is 29.3 Å². The summed E-state index contributed by atoms with van der Waals surface area (Å²) in [4.78, 5) is 30.5. The summed E-state index contributed by atoms with van der Waals surface area (Å²) >= 11 is 2.96. The number of benzene rings is 2. The van der Waals surface area contributed by atoms with Crippen LogP contribution in [0.3, 0.4) is 0 Å². The Balaban J connectivity index is 2.09. The van der Waals surface area contributed by atoms with Gasteiger partial charge in [0.1, 0.15) is 6.54 Å². The van der Waals surface area contributed by atoms with Gasteiger partial charge >= 0.3 is 5.97 Å². The Morgan fingerprint density at radius 1 is 1.22 bits per heavy atom. The van der Waals surface area contributed by atoms with Gasteiger partial charge in [-0.05, 0) is 56.0 Å². The molecule has 5 nitrogen and oxygen atoms in total. The van der Waals surface area contributed by atoms with Crippen molar-refractivity contribution in [2.75, 3.05) is 12.9 Å². The molecule has 0 N–H and O–H groups in total. The first-order chi connectivity index (χ1) is 13.0. The molecule has 0 bridgehead atoms. The topological polar surface area (TPSA) is 60.7 Å². The van der Waals surface area contributed by atoms with E-state index in [1.165, 1.54) is 11.3 Å². The van der Waals surface area contributed by atoms with Gasteiger partial charge in [0.2, 0.25) is 0 Å². The van der Waals surface area contributed by atoms with Crippen LogP contribution in [-0.4, -0.2) is 29.3 Å². The summed E-state index contributed by atoms with van der Waals surface area (Å²) in [6.45, 7) is 4.11. The molecule has 0 aliphatic carbocycles. The Morgan fingerprint density at radius 2 is 2.04 bits per heavy atom. The van der Waals surface area contributed by atoms with Crippen LogP contribution in [0.1, 0.15) is 22.8 Å². The number of carbonyl (C=O) groups excluding carboxylic acids is 2. The summed E-state index contributed by atoms with van der Waals surface area (Å²) in [7, 11) is 0. The second-order valence-electron chi connectivity index (χ2n) is 5.90. The number of aryl methyl sites for hydroxylation is 1. The van der Waals surface area contributed by atoms with Crippen molar-refractivity contribution in [2.45, 2.75) is 25.3 Å². The summed E-state index contributed by atoms with van der Waals surface area (Å²) in [5.41, 5.74) is 2.50. The largest absolute Gasteiger partial charge is 0.465 e. The zero-order chi connectivity index (χ0) is 19.4. The summed E-state index contributed by atoms with van der Waals surface area (Å²) < 4.78 is 7.80. The maximum absolute atomic E-state index is 12.7. The van der Waals surface area contributed by atoms with Crippen molar-refractivity contribution in [3.63, 3.8) is 0 Å². The van der Waals surface area contributed by atoms with Gasteiger partial charge in [0.25, 0.3) is 5.91 Å². The Labute approximate surface area is 165 Å². The highest BCUT2D eigenvalue weighted by molar-refractivity contribution is 7.98. The molecule has 0 saturated carbocycles. The molecule has 0 aliphatic heterocycles. The number of aromatic nitrogens is 1. The van der Waals surface area contributed by atoms with Crippen molar-refractivity contribution in [3.05, 3.63) is 58.4 Å². The number of nitrogens with zero attached hydrogens (tertiary/aromatic N) is 2. The van der Waals surface area contributed by atoms with E-state index in [0.717, 1.165) is 20.7 Å². The van der Waals surface area contributed by atoms with Crippen molar-refractivity contribution in [2.24, 2.45) is 4.99 Å². The van der Waals surface area contributed by atoms with Crippen LogP contribution >= 0.6 is 23.1 Å². The monoisotopic (exact) mass is 400 g/mol. The summed E-state index contributed by atoms with van der Waals surface area (Å²) in [5.74, 6) is -0.678. The molecule has 0 saturated heterocycles. The molecule has 27 heavy (non-hydrogen) atoms. The van der Waals surface area contributed by atoms with Crippen LogP contribution in [0.4, 0.5) is 0 Å². The maximum atomic E-state index is 12.7. The molecule has 140 valence electrons. The lowest BCUT2D eigenvalue weighted by Gasteiger charge is -2.05. The van der Waals surface area contributed by atoms with Crippen LogP contribution in [0.2, 0.25) is 0 Å². The lowest BCUT2D eigenvalue weighted by molar-refractivity contribution is -0.143. The average Bonchev–Trinajstić information content (AvgIpc) is 2.98.